The Balaban J connectivity index is 3.60. The second kappa shape index (κ2) is 6.12. The second-order valence-electron chi connectivity index (χ2n) is 3.64. The Morgan fingerprint density at radius 3 is 2.45 bits per heavy atom. The molecule has 4 nitrogen and oxygen atoms in total. The lowest BCUT2D eigenvalue weighted by atomic mass is 10.0. The van der Waals surface area contributed by atoms with Gasteiger partial charge in [-0.3, -0.25) is 0 Å². The number of nitrogens with zero attached hydrogens (tertiary/aromatic N) is 1. The van der Waals surface area contributed by atoms with Gasteiger partial charge in [-0.25, -0.2) is 18.6 Å². The Hall–Kier alpha value is -1.77. The normalized spacial score (nSPS) is 11.8. The van der Waals surface area contributed by atoms with Gasteiger partial charge in [0.25, 0.3) is 6.43 Å². The van der Waals surface area contributed by atoms with E-state index < -0.39 is 35.4 Å². The lowest BCUT2D eigenvalue weighted by Crippen LogP contribution is -2.21. The lowest BCUT2D eigenvalue weighted by molar-refractivity contribution is -0.140. The number of nitrogens with two attached hydrogens (primary N) is 1. The zero-order chi connectivity index (χ0) is 15.5. The number of ether oxygens (including phenoxy) is 1. The number of carbonyl (C=O) groups excluding carboxylic acids is 1. The van der Waals surface area contributed by atoms with Crippen molar-refractivity contribution in [1.82, 2.24) is 4.98 Å². The Kier molecular flexibility index (Phi) is 4.98. The van der Waals surface area contributed by atoms with Gasteiger partial charge in [-0.15, -0.1) is 0 Å². The third-order valence-electron chi connectivity index (χ3n) is 2.30. The molecule has 0 saturated carbocycles. The molecular formula is C11H11F5N2O2. The van der Waals surface area contributed by atoms with Gasteiger partial charge < -0.3 is 10.5 Å². The van der Waals surface area contributed by atoms with Crippen LogP contribution in [0, 0.1) is 0 Å². The van der Waals surface area contributed by atoms with Crippen molar-refractivity contribution >= 4 is 5.97 Å². The van der Waals surface area contributed by atoms with Crippen LogP contribution in [0.25, 0.3) is 0 Å². The highest BCUT2D eigenvalue weighted by molar-refractivity contribution is 5.91. The zero-order valence-electron chi connectivity index (χ0n) is 10.3. The van der Waals surface area contributed by atoms with Gasteiger partial charge in [-0.05, 0) is 13.0 Å². The molecule has 0 saturated heterocycles. The largest absolute Gasteiger partial charge is 0.462 e. The van der Waals surface area contributed by atoms with E-state index in [2.05, 4.69) is 9.72 Å². The average Bonchev–Trinajstić information content (AvgIpc) is 2.36. The number of carbonyl (C=O) groups is 1. The smallest absolute Gasteiger partial charge is 0.419 e. The summed E-state index contributed by atoms with van der Waals surface area (Å²) in [4.78, 5) is 14.7. The van der Waals surface area contributed by atoms with Crippen LogP contribution >= 0.6 is 0 Å². The van der Waals surface area contributed by atoms with E-state index in [1.54, 1.807) is 0 Å². The summed E-state index contributed by atoms with van der Waals surface area (Å²) >= 11 is 0. The van der Waals surface area contributed by atoms with Crippen molar-refractivity contribution in [3.05, 3.63) is 28.6 Å². The molecule has 0 atom stereocenters. The first kappa shape index (κ1) is 16.3. The molecule has 0 radical (unpaired) electrons. The van der Waals surface area contributed by atoms with Crippen LogP contribution in [0.15, 0.2) is 6.07 Å². The Morgan fingerprint density at radius 1 is 1.45 bits per heavy atom. The molecule has 2 N–H and O–H groups in total. The molecule has 0 spiro atoms. The number of hydrogen-bond acceptors (Lipinski definition) is 4. The molecule has 20 heavy (non-hydrogen) atoms. The number of aromatic nitrogens is 1. The Labute approximate surface area is 110 Å². The molecule has 1 aromatic rings. The third-order valence-corrected chi connectivity index (χ3v) is 2.30. The average molecular weight is 298 g/mol. The van der Waals surface area contributed by atoms with Gasteiger partial charge in [-0.2, -0.15) is 13.2 Å². The molecule has 0 fully saturated rings. The molecular weight excluding hydrogens is 287 g/mol. The first-order valence-electron chi connectivity index (χ1n) is 5.48. The monoisotopic (exact) mass is 298 g/mol. The van der Waals surface area contributed by atoms with E-state index in [-0.39, 0.29) is 18.8 Å². The van der Waals surface area contributed by atoms with Crippen molar-refractivity contribution in [3.8, 4) is 0 Å². The van der Waals surface area contributed by atoms with Crippen molar-refractivity contribution in [3.63, 3.8) is 0 Å². The minimum absolute atomic E-state index is 0.194. The van der Waals surface area contributed by atoms with E-state index in [4.69, 9.17) is 5.73 Å². The molecule has 1 heterocycles. The maximum Gasteiger partial charge on any atom is 0.419 e. The molecule has 0 unspecified atom stereocenters. The van der Waals surface area contributed by atoms with Gasteiger partial charge in [0.2, 0.25) is 0 Å². The number of hydrogen-bond donors (Lipinski definition) is 1. The van der Waals surface area contributed by atoms with Crippen molar-refractivity contribution in [1.29, 1.82) is 0 Å². The summed E-state index contributed by atoms with van der Waals surface area (Å²) in [5.74, 6) is -1.35. The fraction of sp³-hybridized carbons (Fsp3) is 0.455. The van der Waals surface area contributed by atoms with Gasteiger partial charge in [0.05, 0.1) is 23.4 Å². The van der Waals surface area contributed by atoms with Gasteiger partial charge in [-0.1, -0.05) is 0 Å². The topological polar surface area (TPSA) is 65.2 Å². The second-order valence-corrected chi connectivity index (χ2v) is 3.64. The lowest BCUT2D eigenvalue weighted by Gasteiger charge is -2.16. The maximum absolute atomic E-state index is 12.9. The summed E-state index contributed by atoms with van der Waals surface area (Å²) in [7, 11) is 0. The van der Waals surface area contributed by atoms with Crippen LogP contribution in [0.3, 0.4) is 0 Å². The summed E-state index contributed by atoms with van der Waals surface area (Å²) in [6.07, 6.45) is -8.65. The third kappa shape index (κ3) is 3.41. The minimum Gasteiger partial charge on any atom is -0.462 e. The van der Waals surface area contributed by atoms with Crippen LogP contribution in [0.4, 0.5) is 22.0 Å². The minimum atomic E-state index is -5.16. The van der Waals surface area contributed by atoms with Crippen molar-refractivity contribution in [2.24, 2.45) is 5.73 Å². The Bertz CT molecular complexity index is 502. The van der Waals surface area contributed by atoms with Crippen LogP contribution in [0.5, 0.6) is 0 Å². The van der Waals surface area contributed by atoms with E-state index in [9.17, 15) is 26.7 Å². The number of alkyl halides is 5. The maximum atomic E-state index is 12.9. The number of pyridine rings is 1. The highest BCUT2D eigenvalue weighted by Crippen LogP contribution is 2.38. The van der Waals surface area contributed by atoms with E-state index in [1.165, 1.54) is 6.92 Å². The molecule has 0 aromatic carbocycles. The predicted molar refractivity (Wildman–Crippen MR) is 58.0 cm³/mol. The summed E-state index contributed by atoms with van der Waals surface area (Å²) in [6.45, 7) is 0.801. The van der Waals surface area contributed by atoms with Crippen LogP contribution < -0.4 is 5.73 Å². The SMILES string of the molecule is CCOC(=O)c1cc(CN)nc(C(F)F)c1C(F)(F)F. The first-order valence-corrected chi connectivity index (χ1v) is 5.48. The quantitative estimate of drug-likeness (QED) is 0.685. The molecule has 0 aliphatic heterocycles. The Morgan fingerprint density at radius 2 is 2.05 bits per heavy atom. The molecule has 112 valence electrons. The number of rotatable bonds is 4. The van der Waals surface area contributed by atoms with Gasteiger partial charge in [0, 0.05) is 6.54 Å². The summed E-state index contributed by atoms with van der Waals surface area (Å²) < 4.78 is 68.6. The highest BCUT2D eigenvalue weighted by atomic mass is 19.4. The molecule has 0 aliphatic rings. The summed E-state index contributed by atoms with van der Waals surface area (Å²) in [5, 5.41) is 0. The summed E-state index contributed by atoms with van der Waals surface area (Å²) in [6, 6.07) is 0.715. The van der Waals surface area contributed by atoms with E-state index in [0.717, 1.165) is 0 Å². The molecule has 0 amide bonds. The van der Waals surface area contributed by atoms with E-state index in [0.29, 0.717) is 6.07 Å². The highest BCUT2D eigenvalue weighted by Gasteiger charge is 2.41. The van der Waals surface area contributed by atoms with Crippen molar-refractivity contribution in [2.45, 2.75) is 26.1 Å². The van der Waals surface area contributed by atoms with Crippen LogP contribution in [-0.2, 0) is 17.5 Å². The van der Waals surface area contributed by atoms with Crippen molar-refractivity contribution < 1.29 is 31.5 Å². The fourth-order valence-corrected chi connectivity index (χ4v) is 1.55. The van der Waals surface area contributed by atoms with E-state index >= 15 is 0 Å². The van der Waals surface area contributed by atoms with Crippen LogP contribution in [0.1, 0.15) is 40.7 Å². The molecule has 1 rings (SSSR count). The molecule has 0 bridgehead atoms. The van der Waals surface area contributed by atoms with Crippen LogP contribution in [0.2, 0.25) is 0 Å². The summed E-state index contributed by atoms with van der Waals surface area (Å²) in [5.41, 5.74) is 0.604. The van der Waals surface area contributed by atoms with Gasteiger partial charge in [0.15, 0.2) is 0 Å². The standard InChI is InChI=1S/C11H11F5N2O2/c1-2-20-10(19)6-3-5(4-17)18-8(9(12)13)7(6)11(14,15)16/h3,9H,2,4,17H2,1H3. The fourth-order valence-electron chi connectivity index (χ4n) is 1.55. The number of esters is 1. The predicted octanol–water partition coefficient (Wildman–Crippen LogP) is 2.67. The molecule has 0 aliphatic carbocycles. The van der Waals surface area contributed by atoms with Gasteiger partial charge >= 0.3 is 12.1 Å². The molecule has 9 heteroatoms. The molecule has 1 aromatic heterocycles. The van der Waals surface area contributed by atoms with Crippen molar-refractivity contribution in [2.75, 3.05) is 6.61 Å². The van der Waals surface area contributed by atoms with E-state index in [1.807, 2.05) is 0 Å². The number of halogens is 5. The first-order chi connectivity index (χ1) is 9.22. The van der Waals surface area contributed by atoms with Crippen LogP contribution in [-0.4, -0.2) is 17.6 Å². The van der Waals surface area contributed by atoms with Gasteiger partial charge in [0.1, 0.15) is 5.69 Å². The zero-order valence-corrected chi connectivity index (χ0v) is 10.3.